The molecule has 20 heavy (non-hydrogen) atoms. The van der Waals surface area contributed by atoms with E-state index in [0.717, 1.165) is 19.0 Å². The fraction of sp³-hybridized carbons (Fsp3) is 0.714. The molecule has 6 heteroatoms. The summed E-state index contributed by atoms with van der Waals surface area (Å²) < 4.78 is 1.89. The monoisotopic (exact) mass is 389 g/mol. The van der Waals surface area contributed by atoms with Crippen LogP contribution in [0.15, 0.2) is 17.4 Å². The Bertz CT molecular complexity index is 466. The molecule has 5 nitrogen and oxygen atoms in total. The average molecular weight is 389 g/mol. The summed E-state index contributed by atoms with van der Waals surface area (Å²) in [5, 5.41) is 7.85. The zero-order chi connectivity index (χ0) is 13.2. The summed E-state index contributed by atoms with van der Waals surface area (Å²) in [5.41, 5.74) is 1.35. The van der Waals surface area contributed by atoms with Gasteiger partial charge in [-0.05, 0) is 31.2 Å². The van der Waals surface area contributed by atoms with Crippen LogP contribution in [0.1, 0.15) is 37.2 Å². The van der Waals surface area contributed by atoms with Crippen LogP contribution in [-0.4, -0.2) is 46.8 Å². The van der Waals surface area contributed by atoms with Crippen molar-refractivity contribution in [2.45, 2.75) is 37.6 Å². The van der Waals surface area contributed by atoms with Gasteiger partial charge in [0.2, 0.25) is 0 Å². The van der Waals surface area contributed by atoms with E-state index in [0.29, 0.717) is 12.0 Å². The molecule has 1 unspecified atom stereocenters. The normalized spacial score (nSPS) is 23.4. The summed E-state index contributed by atoms with van der Waals surface area (Å²) in [6.45, 7) is 2.14. The number of nitrogens with zero attached hydrogens (tertiary/aromatic N) is 4. The quantitative estimate of drug-likeness (QED) is 0.478. The van der Waals surface area contributed by atoms with E-state index in [1.807, 2.05) is 25.0 Å². The summed E-state index contributed by atoms with van der Waals surface area (Å²) in [6.07, 6.45) is 9.26. The first kappa shape index (κ1) is 15.6. The van der Waals surface area contributed by atoms with Gasteiger partial charge in [-0.25, -0.2) is 0 Å². The Kier molecular flexibility index (Phi) is 5.29. The SMILES string of the molecule is CN=C(NC1CCC1)N1CCC(c2cnn(C)c2)C1.I. The Hall–Kier alpha value is -0.790. The Morgan fingerprint density at radius 2 is 2.20 bits per heavy atom. The van der Waals surface area contributed by atoms with Crippen molar-refractivity contribution < 1.29 is 0 Å². The van der Waals surface area contributed by atoms with Gasteiger partial charge in [-0.1, -0.05) is 0 Å². The van der Waals surface area contributed by atoms with Gasteiger partial charge in [-0.15, -0.1) is 24.0 Å². The molecule has 1 saturated heterocycles. The van der Waals surface area contributed by atoms with E-state index in [9.17, 15) is 0 Å². The molecule has 1 saturated carbocycles. The molecular formula is C14H24IN5. The van der Waals surface area contributed by atoms with Crippen molar-refractivity contribution in [1.82, 2.24) is 20.0 Å². The second kappa shape index (κ2) is 6.78. The maximum absolute atomic E-state index is 4.44. The van der Waals surface area contributed by atoms with Crippen LogP contribution in [0.25, 0.3) is 0 Å². The third kappa shape index (κ3) is 3.27. The van der Waals surface area contributed by atoms with Gasteiger partial charge in [-0.3, -0.25) is 9.67 Å². The molecule has 2 aliphatic rings. The van der Waals surface area contributed by atoms with Crippen LogP contribution in [0.4, 0.5) is 0 Å². The highest BCUT2D eigenvalue weighted by atomic mass is 127. The lowest BCUT2D eigenvalue weighted by Crippen LogP contribution is -2.47. The minimum Gasteiger partial charge on any atom is -0.354 e. The highest BCUT2D eigenvalue weighted by Crippen LogP contribution is 2.27. The van der Waals surface area contributed by atoms with E-state index < -0.39 is 0 Å². The van der Waals surface area contributed by atoms with E-state index in [-0.39, 0.29) is 24.0 Å². The summed E-state index contributed by atoms with van der Waals surface area (Å²) in [6, 6.07) is 0.649. The molecular weight excluding hydrogens is 365 g/mol. The van der Waals surface area contributed by atoms with Crippen molar-refractivity contribution in [2.24, 2.45) is 12.0 Å². The fourth-order valence-corrected chi connectivity index (χ4v) is 2.91. The number of hydrogen-bond acceptors (Lipinski definition) is 2. The molecule has 2 heterocycles. The second-order valence-electron chi connectivity index (χ2n) is 5.70. The Labute approximate surface area is 137 Å². The molecule has 0 amide bonds. The van der Waals surface area contributed by atoms with Gasteiger partial charge >= 0.3 is 0 Å². The highest BCUT2D eigenvalue weighted by molar-refractivity contribution is 14.0. The minimum absolute atomic E-state index is 0. The molecule has 0 spiro atoms. The van der Waals surface area contributed by atoms with E-state index in [1.54, 1.807) is 0 Å². The van der Waals surface area contributed by atoms with Crippen LogP contribution in [0.2, 0.25) is 0 Å². The second-order valence-corrected chi connectivity index (χ2v) is 5.70. The molecule has 0 radical (unpaired) electrons. The molecule has 1 N–H and O–H groups in total. The maximum Gasteiger partial charge on any atom is 0.193 e. The molecule has 1 atom stereocenters. The first-order chi connectivity index (χ1) is 9.26. The summed E-state index contributed by atoms with van der Waals surface area (Å²) in [7, 11) is 3.87. The van der Waals surface area contributed by atoms with Gasteiger partial charge in [0.1, 0.15) is 0 Å². The fourth-order valence-electron chi connectivity index (χ4n) is 2.91. The first-order valence-corrected chi connectivity index (χ1v) is 7.23. The maximum atomic E-state index is 4.44. The first-order valence-electron chi connectivity index (χ1n) is 7.23. The highest BCUT2D eigenvalue weighted by Gasteiger charge is 2.28. The molecule has 1 aliphatic heterocycles. The number of guanidine groups is 1. The summed E-state index contributed by atoms with van der Waals surface area (Å²) in [4.78, 5) is 6.82. The Morgan fingerprint density at radius 1 is 1.40 bits per heavy atom. The minimum atomic E-state index is 0. The molecule has 1 aromatic rings. The van der Waals surface area contributed by atoms with Crippen LogP contribution >= 0.6 is 24.0 Å². The molecule has 3 rings (SSSR count). The zero-order valence-electron chi connectivity index (χ0n) is 12.2. The number of nitrogens with one attached hydrogen (secondary N) is 1. The van der Waals surface area contributed by atoms with Gasteiger partial charge in [-0.2, -0.15) is 5.10 Å². The van der Waals surface area contributed by atoms with Gasteiger partial charge < -0.3 is 10.2 Å². The molecule has 0 bridgehead atoms. The van der Waals surface area contributed by atoms with Crippen molar-refractivity contribution in [3.63, 3.8) is 0 Å². The van der Waals surface area contributed by atoms with Crippen LogP contribution < -0.4 is 5.32 Å². The van der Waals surface area contributed by atoms with Crippen molar-refractivity contribution >= 4 is 29.9 Å². The molecule has 0 aromatic carbocycles. The predicted molar refractivity (Wildman–Crippen MR) is 91.7 cm³/mol. The van der Waals surface area contributed by atoms with Gasteiger partial charge in [0, 0.05) is 45.3 Å². The van der Waals surface area contributed by atoms with Crippen LogP contribution in [0, 0.1) is 0 Å². The Morgan fingerprint density at radius 3 is 2.75 bits per heavy atom. The lowest BCUT2D eigenvalue weighted by Gasteiger charge is -2.31. The molecule has 1 aromatic heterocycles. The summed E-state index contributed by atoms with van der Waals surface area (Å²) >= 11 is 0. The number of hydrogen-bond donors (Lipinski definition) is 1. The zero-order valence-corrected chi connectivity index (χ0v) is 14.6. The van der Waals surface area contributed by atoms with E-state index in [1.165, 1.54) is 31.2 Å². The lowest BCUT2D eigenvalue weighted by molar-refractivity contribution is 0.361. The number of halogens is 1. The largest absolute Gasteiger partial charge is 0.354 e. The van der Waals surface area contributed by atoms with E-state index in [4.69, 9.17) is 0 Å². The molecule has 1 aliphatic carbocycles. The lowest BCUT2D eigenvalue weighted by atomic mass is 9.93. The van der Waals surface area contributed by atoms with Crippen molar-refractivity contribution in [3.05, 3.63) is 18.0 Å². The number of aryl methyl sites for hydroxylation is 1. The number of likely N-dealkylation sites (tertiary alicyclic amines) is 1. The molecule has 2 fully saturated rings. The third-order valence-electron chi connectivity index (χ3n) is 4.33. The van der Waals surface area contributed by atoms with Crippen LogP contribution in [-0.2, 0) is 7.05 Å². The van der Waals surface area contributed by atoms with Gasteiger partial charge in [0.25, 0.3) is 0 Å². The summed E-state index contributed by atoms with van der Waals surface area (Å²) in [5.74, 6) is 1.67. The van der Waals surface area contributed by atoms with E-state index in [2.05, 4.69) is 26.5 Å². The number of rotatable bonds is 2. The smallest absolute Gasteiger partial charge is 0.193 e. The van der Waals surface area contributed by atoms with E-state index >= 15 is 0 Å². The standard InChI is InChI=1S/C14H23N5.HI/c1-15-14(17-13-4-3-5-13)19-7-6-11(10-19)12-8-16-18(2)9-12;/h8-9,11,13H,3-7,10H2,1-2H3,(H,15,17);1H. The van der Waals surface area contributed by atoms with Crippen molar-refractivity contribution in [2.75, 3.05) is 20.1 Å². The molecule has 112 valence electrons. The van der Waals surface area contributed by atoms with Crippen LogP contribution in [0.5, 0.6) is 0 Å². The van der Waals surface area contributed by atoms with Gasteiger partial charge in [0.05, 0.1) is 6.20 Å². The predicted octanol–water partition coefficient (Wildman–Crippen LogP) is 1.96. The topological polar surface area (TPSA) is 45.5 Å². The Balaban J connectivity index is 0.00000147. The van der Waals surface area contributed by atoms with Gasteiger partial charge in [0.15, 0.2) is 5.96 Å². The van der Waals surface area contributed by atoms with Crippen molar-refractivity contribution in [1.29, 1.82) is 0 Å². The third-order valence-corrected chi connectivity index (χ3v) is 4.33. The van der Waals surface area contributed by atoms with Crippen molar-refractivity contribution in [3.8, 4) is 0 Å². The van der Waals surface area contributed by atoms with Crippen LogP contribution in [0.3, 0.4) is 0 Å². The average Bonchev–Trinajstić information content (AvgIpc) is 2.96. The number of aromatic nitrogens is 2. The number of aliphatic imine (C=N–C) groups is 1.